The molecule has 0 saturated carbocycles. The van der Waals surface area contributed by atoms with Gasteiger partial charge in [-0.2, -0.15) is 0 Å². The number of amides is 1. The third-order valence-corrected chi connectivity index (χ3v) is 3.56. The molecule has 0 aromatic heterocycles. The zero-order valence-corrected chi connectivity index (χ0v) is 15.0. The van der Waals surface area contributed by atoms with Crippen LogP contribution in [-0.2, 0) is 9.53 Å². The van der Waals surface area contributed by atoms with Crippen molar-refractivity contribution in [2.24, 2.45) is 0 Å². The lowest BCUT2D eigenvalue weighted by Gasteiger charge is -2.12. The van der Waals surface area contributed by atoms with Gasteiger partial charge in [-0.3, -0.25) is 4.79 Å². The summed E-state index contributed by atoms with van der Waals surface area (Å²) in [6.45, 7) is 3.52. The van der Waals surface area contributed by atoms with Crippen molar-refractivity contribution in [3.05, 3.63) is 75.9 Å². The second-order valence-electron chi connectivity index (χ2n) is 5.38. The molecule has 1 amide bonds. The van der Waals surface area contributed by atoms with Crippen LogP contribution >= 0.6 is 15.9 Å². The number of benzene rings is 2. The fourth-order valence-electron chi connectivity index (χ4n) is 1.93. The molecule has 4 nitrogen and oxygen atoms in total. The van der Waals surface area contributed by atoms with E-state index in [0.717, 1.165) is 10.0 Å². The van der Waals surface area contributed by atoms with Gasteiger partial charge in [-0.1, -0.05) is 46.3 Å². The Morgan fingerprint density at radius 3 is 2.25 bits per heavy atom. The van der Waals surface area contributed by atoms with Crippen LogP contribution in [-0.4, -0.2) is 18.0 Å². The van der Waals surface area contributed by atoms with E-state index in [1.807, 2.05) is 30.3 Å². The molecule has 0 saturated heterocycles. The molecule has 0 spiro atoms. The van der Waals surface area contributed by atoms with Crippen LogP contribution in [0.2, 0.25) is 0 Å². The molecule has 0 aliphatic rings. The second-order valence-corrected chi connectivity index (χ2v) is 6.30. The van der Waals surface area contributed by atoms with Gasteiger partial charge < -0.3 is 10.1 Å². The molecule has 5 heteroatoms. The summed E-state index contributed by atoms with van der Waals surface area (Å²) in [6.07, 6.45) is 1.32. The van der Waals surface area contributed by atoms with Crippen LogP contribution in [0, 0.1) is 0 Å². The van der Waals surface area contributed by atoms with Crippen molar-refractivity contribution in [2.45, 2.75) is 20.0 Å². The molecule has 124 valence electrons. The number of hydrogen-bond acceptors (Lipinski definition) is 3. The van der Waals surface area contributed by atoms with Crippen molar-refractivity contribution >= 4 is 33.9 Å². The molecule has 2 aromatic carbocycles. The first-order valence-corrected chi connectivity index (χ1v) is 8.29. The molecule has 2 aromatic rings. The highest BCUT2D eigenvalue weighted by atomic mass is 79.9. The van der Waals surface area contributed by atoms with Crippen molar-refractivity contribution in [1.29, 1.82) is 0 Å². The summed E-state index contributed by atoms with van der Waals surface area (Å²) >= 11 is 3.36. The Balaban J connectivity index is 2.27. The molecule has 0 atom stereocenters. The first kappa shape index (κ1) is 17.9. The molecule has 1 N–H and O–H groups in total. The normalized spacial score (nSPS) is 11.2. The molecule has 0 aliphatic carbocycles. The Kier molecular flexibility index (Phi) is 6.32. The standard InChI is InChI=1S/C19H18BrNO3/c1-13(2)24-19(23)17(12-14-8-10-16(20)11-9-14)21-18(22)15-6-4-3-5-7-15/h3-13H,1-2H3,(H,21,22)/b17-12-. The highest BCUT2D eigenvalue weighted by molar-refractivity contribution is 9.10. The minimum atomic E-state index is -0.572. The fourth-order valence-corrected chi connectivity index (χ4v) is 2.20. The van der Waals surface area contributed by atoms with E-state index in [1.165, 1.54) is 0 Å². The zero-order chi connectivity index (χ0) is 17.5. The fraction of sp³-hybridized carbons (Fsp3) is 0.158. The van der Waals surface area contributed by atoms with E-state index in [2.05, 4.69) is 21.2 Å². The predicted molar refractivity (Wildman–Crippen MR) is 97.3 cm³/mol. The number of ether oxygens (including phenoxy) is 1. The number of rotatable bonds is 5. The minimum absolute atomic E-state index is 0.0971. The van der Waals surface area contributed by atoms with Gasteiger partial charge in [-0.15, -0.1) is 0 Å². The van der Waals surface area contributed by atoms with E-state index >= 15 is 0 Å². The minimum Gasteiger partial charge on any atom is -0.458 e. The molecule has 0 radical (unpaired) electrons. The van der Waals surface area contributed by atoms with Gasteiger partial charge in [0.1, 0.15) is 5.70 Å². The lowest BCUT2D eigenvalue weighted by atomic mass is 10.1. The number of hydrogen-bond donors (Lipinski definition) is 1. The Hall–Kier alpha value is -2.40. The molecule has 0 fully saturated rings. The summed E-state index contributed by atoms with van der Waals surface area (Å²) in [5.41, 5.74) is 1.35. The van der Waals surface area contributed by atoms with Crippen LogP contribution in [0.15, 0.2) is 64.8 Å². The molecule has 2 rings (SSSR count). The molecule has 0 bridgehead atoms. The molecular formula is C19H18BrNO3. The summed E-state index contributed by atoms with van der Waals surface area (Å²) in [6, 6.07) is 16.1. The summed E-state index contributed by atoms with van der Waals surface area (Å²) in [4.78, 5) is 24.6. The summed E-state index contributed by atoms with van der Waals surface area (Å²) in [5.74, 6) is -0.933. The highest BCUT2D eigenvalue weighted by Gasteiger charge is 2.17. The average molecular weight is 388 g/mol. The van der Waals surface area contributed by atoms with Crippen molar-refractivity contribution < 1.29 is 14.3 Å². The third-order valence-electron chi connectivity index (χ3n) is 3.03. The molecule has 0 aliphatic heterocycles. The van der Waals surface area contributed by atoms with Gasteiger partial charge in [0, 0.05) is 10.0 Å². The molecule has 0 heterocycles. The first-order chi connectivity index (χ1) is 11.5. The SMILES string of the molecule is CC(C)OC(=O)/C(=C/c1ccc(Br)cc1)NC(=O)c1ccccc1. The maximum Gasteiger partial charge on any atom is 0.355 e. The Morgan fingerprint density at radius 1 is 1.04 bits per heavy atom. The average Bonchev–Trinajstić information content (AvgIpc) is 2.56. The van der Waals surface area contributed by atoms with Crippen molar-refractivity contribution in [2.75, 3.05) is 0 Å². The van der Waals surface area contributed by atoms with Crippen LogP contribution < -0.4 is 5.32 Å². The third kappa shape index (κ3) is 5.35. The quantitative estimate of drug-likeness (QED) is 0.618. The van der Waals surface area contributed by atoms with E-state index < -0.39 is 5.97 Å². The van der Waals surface area contributed by atoms with E-state index in [0.29, 0.717) is 5.56 Å². The smallest absolute Gasteiger partial charge is 0.355 e. The summed E-state index contributed by atoms with van der Waals surface area (Å²) < 4.78 is 6.14. The maximum absolute atomic E-state index is 12.3. The molecule has 0 unspecified atom stereocenters. The van der Waals surface area contributed by atoms with Crippen molar-refractivity contribution in [1.82, 2.24) is 5.32 Å². The van der Waals surface area contributed by atoms with Crippen molar-refractivity contribution in [3.63, 3.8) is 0 Å². The summed E-state index contributed by atoms with van der Waals surface area (Å²) in [5, 5.41) is 2.64. The summed E-state index contributed by atoms with van der Waals surface area (Å²) in [7, 11) is 0. The van der Waals surface area contributed by atoms with E-state index in [1.54, 1.807) is 44.2 Å². The number of esters is 1. The van der Waals surface area contributed by atoms with Gasteiger partial charge in [0.05, 0.1) is 6.10 Å². The largest absolute Gasteiger partial charge is 0.458 e. The van der Waals surface area contributed by atoms with Gasteiger partial charge in [-0.25, -0.2) is 4.79 Å². The number of halogens is 1. The topological polar surface area (TPSA) is 55.4 Å². The van der Waals surface area contributed by atoms with Crippen LogP contribution in [0.4, 0.5) is 0 Å². The van der Waals surface area contributed by atoms with Gasteiger partial charge in [0.2, 0.25) is 0 Å². The number of carbonyl (C=O) groups excluding carboxylic acids is 2. The predicted octanol–water partition coefficient (Wildman–Crippen LogP) is 4.17. The molecule has 24 heavy (non-hydrogen) atoms. The van der Waals surface area contributed by atoms with Crippen molar-refractivity contribution in [3.8, 4) is 0 Å². The van der Waals surface area contributed by atoms with E-state index in [9.17, 15) is 9.59 Å². The maximum atomic E-state index is 12.3. The van der Waals surface area contributed by atoms with Crippen LogP contribution in [0.5, 0.6) is 0 Å². The van der Waals surface area contributed by atoms with Gasteiger partial charge >= 0.3 is 5.97 Å². The Labute approximate surface area is 149 Å². The Morgan fingerprint density at radius 2 is 1.67 bits per heavy atom. The molecular weight excluding hydrogens is 370 g/mol. The number of carbonyl (C=O) groups is 2. The van der Waals surface area contributed by atoms with Crippen LogP contribution in [0.3, 0.4) is 0 Å². The van der Waals surface area contributed by atoms with E-state index in [4.69, 9.17) is 4.74 Å². The van der Waals surface area contributed by atoms with Gasteiger partial charge in [0.25, 0.3) is 5.91 Å². The van der Waals surface area contributed by atoms with Crippen LogP contribution in [0.25, 0.3) is 6.08 Å². The first-order valence-electron chi connectivity index (χ1n) is 7.50. The lowest BCUT2D eigenvalue weighted by Crippen LogP contribution is -2.29. The zero-order valence-electron chi connectivity index (χ0n) is 13.5. The van der Waals surface area contributed by atoms with E-state index in [-0.39, 0.29) is 17.7 Å². The van der Waals surface area contributed by atoms with Crippen LogP contribution in [0.1, 0.15) is 29.8 Å². The lowest BCUT2D eigenvalue weighted by molar-refractivity contribution is -0.142. The second kappa shape index (κ2) is 8.45. The Bertz CT molecular complexity index is 737. The van der Waals surface area contributed by atoms with Gasteiger partial charge in [0.15, 0.2) is 0 Å². The number of nitrogens with one attached hydrogen (secondary N) is 1. The monoisotopic (exact) mass is 387 g/mol. The van der Waals surface area contributed by atoms with Gasteiger partial charge in [-0.05, 0) is 49.8 Å². The highest BCUT2D eigenvalue weighted by Crippen LogP contribution is 2.14.